The number of carbonyl (C=O) groups is 1. The van der Waals surface area contributed by atoms with E-state index in [1.165, 1.54) is 0 Å². The predicted octanol–water partition coefficient (Wildman–Crippen LogP) is 3.45. The lowest BCUT2D eigenvalue weighted by Crippen LogP contribution is -2.62. The molecule has 0 spiro atoms. The molecule has 29 heavy (non-hydrogen) atoms. The van der Waals surface area contributed by atoms with Crippen molar-refractivity contribution in [2.75, 3.05) is 0 Å². The van der Waals surface area contributed by atoms with Gasteiger partial charge in [0.2, 0.25) is 0 Å². The number of carboxylic acid groups (broad SMARTS) is 1. The van der Waals surface area contributed by atoms with Gasteiger partial charge in [0.1, 0.15) is 0 Å². The molecule has 0 radical (unpaired) electrons. The Kier molecular flexibility index (Phi) is 5.57. The highest BCUT2D eigenvalue weighted by Crippen LogP contribution is 2.68. The summed E-state index contributed by atoms with van der Waals surface area (Å²) in [6.45, 7) is 6.66. The van der Waals surface area contributed by atoms with E-state index in [1.807, 2.05) is 0 Å². The first-order valence-electron chi connectivity index (χ1n) is 11.9. The van der Waals surface area contributed by atoms with E-state index in [-0.39, 0.29) is 17.3 Å². The van der Waals surface area contributed by atoms with Crippen molar-refractivity contribution in [2.24, 2.45) is 46.3 Å². The van der Waals surface area contributed by atoms with Crippen LogP contribution in [0.4, 0.5) is 0 Å². The number of hydrogen-bond donors (Lipinski definition) is 4. The Morgan fingerprint density at radius 1 is 0.931 bits per heavy atom. The van der Waals surface area contributed by atoms with Crippen molar-refractivity contribution in [1.29, 1.82) is 0 Å². The molecule has 0 bridgehead atoms. The summed E-state index contributed by atoms with van der Waals surface area (Å²) in [6.07, 6.45) is 5.95. The molecule has 0 aromatic rings. The molecule has 0 saturated heterocycles. The van der Waals surface area contributed by atoms with Crippen LogP contribution in [0.1, 0.15) is 78.6 Å². The highest BCUT2D eigenvalue weighted by Gasteiger charge is 2.65. The number of aliphatic hydroxyl groups is 3. The topological polar surface area (TPSA) is 98.0 Å². The molecule has 3 unspecified atom stereocenters. The smallest absolute Gasteiger partial charge is 0.303 e. The molecule has 0 aromatic heterocycles. The van der Waals surface area contributed by atoms with Crippen molar-refractivity contribution >= 4 is 5.97 Å². The van der Waals surface area contributed by atoms with Crippen molar-refractivity contribution in [3.8, 4) is 0 Å². The first kappa shape index (κ1) is 21.6. The van der Waals surface area contributed by atoms with Gasteiger partial charge >= 0.3 is 5.97 Å². The van der Waals surface area contributed by atoms with Crippen LogP contribution in [-0.2, 0) is 4.79 Å². The minimum atomic E-state index is -0.736. The molecule has 0 amide bonds. The lowest BCUT2D eigenvalue weighted by molar-refractivity contribution is -0.207. The average Bonchev–Trinajstić information content (AvgIpc) is 3.01. The third-order valence-electron chi connectivity index (χ3n) is 10.4. The molecular weight excluding hydrogens is 368 g/mol. The number of hydrogen-bond acceptors (Lipinski definition) is 4. The maximum absolute atomic E-state index is 11.5. The lowest BCUT2D eigenvalue weighted by Gasteiger charge is -2.63. The average molecular weight is 409 g/mol. The second-order valence-corrected chi connectivity index (χ2v) is 11.4. The molecule has 11 atom stereocenters. The van der Waals surface area contributed by atoms with Crippen molar-refractivity contribution in [1.82, 2.24) is 0 Å². The van der Waals surface area contributed by atoms with Crippen LogP contribution in [0, 0.1) is 46.3 Å². The van der Waals surface area contributed by atoms with Crippen molar-refractivity contribution in [3.63, 3.8) is 0 Å². The van der Waals surface area contributed by atoms with Crippen LogP contribution in [-0.4, -0.2) is 44.7 Å². The van der Waals surface area contributed by atoms with Gasteiger partial charge in [-0.25, -0.2) is 0 Å². The summed E-state index contributed by atoms with van der Waals surface area (Å²) in [4.78, 5) is 11.1. The van der Waals surface area contributed by atoms with Gasteiger partial charge in [-0.15, -0.1) is 0 Å². The van der Waals surface area contributed by atoms with Crippen molar-refractivity contribution < 1.29 is 25.2 Å². The zero-order valence-electron chi connectivity index (χ0n) is 18.3. The molecule has 4 N–H and O–H groups in total. The minimum absolute atomic E-state index is 0.151. The molecule has 4 saturated carbocycles. The normalized spacial score (nSPS) is 52.9. The zero-order chi connectivity index (χ0) is 21.1. The molecule has 4 aliphatic carbocycles. The molecule has 4 rings (SSSR count). The SMILES string of the molecule is C[C@H](CCC(=O)O)[C@H]1CC[C@H]2[C@@H]3CC[C@@H]4CC(O)CC(O)[C@]4(C)[C@H]3CC(O)[C@]12C. The Balaban J connectivity index is 1.59. The van der Waals surface area contributed by atoms with Gasteiger partial charge in [-0.05, 0) is 97.7 Å². The van der Waals surface area contributed by atoms with Gasteiger partial charge in [-0.2, -0.15) is 0 Å². The van der Waals surface area contributed by atoms with Crippen LogP contribution in [0.5, 0.6) is 0 Å². The Bertz CT molecular complexity index is 637. The first-order chi connectivity index (χ1) is 13.6. The number of aliphatic hydroxyl groups excluding tert-OH is 3. The number of aliphatic carboxylic acids is 1. The van der Waals surface area contributed by atoms with Crippen LogP contribution in [0.25, 0.3) is 0 Å². The van der Waals surface area contributed by atoms with E-state index < -0.39 is 24.3 Å². The summed E-state index contributed by atoms with van der Waals surface area (Å²) in [5, 5.41) is 41.8. The molecule has 0 aromatic carbocycles. The number of carboxylic acids is 1. The van der Waals surface area contributed by atoms with Crippen LogP contribution in [0.2, 0.25) is 0 Å². The van der Waals surface area contributed by atoms with E-state index in [4.69, 9.17) is 5.11 Å². The lowest BCUT2D eigenvalue weighted by atomic mass is 9.43. The van der Waals surface area contributed by atoms with Gasteiger partial charge in [0, 0.05) is 6.42 Å². The second kappa shape index (κ2) is 7.49. The van der Waals surface area contributed by atoms with E-state index in [2.05, 4.69) is 20.8 Å². The summed E-state index contributed by atoms with van der Waals surface area (Å²) in [6, 6.07) is 0. The Morgan fingerprint density at radius 3 is 2.31 bits per heavy atom. The molecule has 4 aliphatic rings. The molecular formula is C24H40O5. The van der Waals surface area contributed by atoms with Crippen molar-refractivity contribution in [2.45, 2.75) is 96.9 Å². The van der Waals surface area contributed by atoms with Crippen LogP contribution in [0.15, 0.2) is 0 Å². The fraction of sp³-hybridized carbons (Fsp3) is 0.958. The standard InChI is InChI=1S/C24H40O5/c1-13(4-9-22(28)29)17-7-8-18-16-6-5-14-10-15(25)11-20(26)23(14,2)19(16)12-21(27)24(17,18)3/h13-21,25-27H,4-12H2,1-3H3,(H,28,29)/t13-,14-,15?,16+,17-,18+,19+,20?,21?,23+,24-/m1/s1. The number of rotatable bonds is 4. The molecule has 4 fully saturated rings. The van der Waals surface area contributed by atoms with Crippen LogP contribution >= 0.6 is 0 Å². The highest BCUT2D eigenvalue weighted by atomic mass is 16.4. The fourth-order valence-electron chi connectivity index (χ4n) is 8.78. The molecule has 5 heteroatoms. The molecule has 5 nitrogen and oxygen atoms in total. The van der Waals surface area contributed by atoms with Gasteiger partial charge in [0.05, 0.1) is 18.3 Å². The predicted molar refractivity (Wildman–Crippen MR) is 110 cm³/mol. The molecule has 0 heterocycles. The Hall–Kier alpha value is -0.650. The van der Waals surface area contributed by atoms with E-state index in [0.717, 1.165) is 38.5 Å². The largest absolute Gasteiger partial charge is 0.481 e. The van der Waals surface area contributed by atoms with Crippen molar-refractivity contribution in [3.05, 3.63) is 0 Å². The zero-order valence-corrected chi connectivity index (χ0v) is 18.3. The summed E-state index contributed by atoms with van der Waals surface area (Å²) in [7, 11) is 0. The third kappa shape index (κ3) is 3.18. The maximum atomic E-state index is 11.5. The minimum Gasteiger partial charge on any atom is -0.481 e. The van der Waals surface area contributed by atoms with Gasteiger partial charge in [-0.3, -0.25) is 4.79 Å². The second-order valence-electron chi connectivity index (χ2n) is 11.4. The molecule has 166 valence electrons. The maximum Gasteiger partial charge on any atom is 0.303 e. The Morgan fingerprint density at radius 2 is 1.62 bits per heavy atom. The fourth-order valence-corrected chi connectivity index (χ4v) is 8.78. The summed E-state index contributed by atoms with van der Waals surface area (Å²) in [5.74, 6) is 1.55. The first-order valence-corrected chi connectivity index (χ1v) is 11.9. The van der Waals surface area contributed by atoms with Gasteiger partial charge < -0.3 is 20.4 Å². The van der Waals surface area contributed by atoms with E-state index in [1.54, 1.807) is 0 Å². The Labute approximate surface area is 174 Å². The summed E-state index contributed by atoms with van der Waals surface area (Å²) >= 11 is 0. The summed E-state index contributed by atoms with van der Waals surface area (Å²) < 4.78 is 0. The van der Waals surface area contributed by atoms with Crippen LogP contribution in [0.3, 0.4) is 0 Å². The molecule has 0 aliphatic heterocycles. The highest BCUT2D eigenvalue weighted by molar-refractivity contribution is 5.66. The van der Waals surface area contributed by atoms with E-state index in [0.29, 0.717) is 48.3 Å². The van der Waals surface area contributed by atoms with E-state index in [9.17, 15) is 20.1 Å². The number of fused-ring (bicyclic) bond motifs is 5. The van der Waals surface area contributed by atoms with Gasteiger partial charge in [-0.1, -0.05) is 20.8 Å². The van der Waals surface area contributed by atoms with Gasteiger partial charge in [0.15, 0.2) is 0 Å². The quantitative estimate of drug-likeness (QED) is 0.571. The monoisotopic (exact) mass is 408 g/mol. The van der Waals surface area contributed by atoms with Gasteiger partial charge in [0.25, 0.3) is 0 Å². The van der Waals surface area contributed by atoms with E-state index >= 15 is 0 Å². The summed E-state index contributed by atoms with van der Waals surface area (Å²) in [5.41, 5.74) is -0.362. The van der Waals surface area contributed by atoms with Crippen LogP contribution < -0.4 is 0 Å². The third-order valence-corrected chi connectivity index (χ3v) is 10.4.